The van der Waals surface area contributed by atoms with E-state index in [1.54, 1.807) is 0 Å². The van der Waals surface area contributed by atoms with Gasteiger partial charge >= 0.3 is 5.69 Å². The first-order chi connectivity index (χ1) is 14.6. The van der Waals surface area contributed by atoms with Crippen LogP contribution >= 0.6 is 7.82 Å². The number of sulfone groups is 1. The molecule has 0 N–H and O–H groups in total. The van der Waals surface area contributed by atoms with E-state index in [9.17, 15) is 32.8 Å². The van der Waals surface area contributed by atoms with E-state index < -0.39 is 45.8 Å². The lowest BCUT2D eigenvalue weighted by Gasteiger charge is -2.28. The van der Waals surface area contributed by atoms with Crippen molar-refractivity contribution in [1.29, 1.82) is 0 Å². The molecule has 0 spiro atoms. The maximum Gasteiger partial charge on any atom is 0.307 e. The zero-order valence-corrected chi connectivity index (χ0v) is 19.8. The lowest BCUT2D eigenvalue weighted by molar-refractivity contribution is -0.870. The van der Waals surface area contributed by atoms with E-state index in [0.29, 0.717) is 11.0 Å². The zero-order valence-electron chi connectivity index (χ0n) is 18.1. The van der Waals surface area contributed by atoms with Gasteiger partial charge in [0.25, 0.3) is 13.7 Å². The van der Waals surface area contributed by atoms with Crippen LogP contribution in [0.15, 0.2) is 17.3 Å². The minimum absolute atomic E-state index is 0.0979. The number of phosphoric ester groups is 1. The molecule has 1 amide bonds. The van der Waals surface area contributed by atoms with Crippen molar-refractivity contribution in [1.82, 2.24) is 9.88 Å². The van der Waals surface area contributed by atoms with Crippen LogP contribution in [-0.4, -0.2) is 93.9 Å². The Morgan fingerprint density at radius 1 is 1.34 bits per heavy atom. The predicted molar refractivity (Wildman–Crippen MR) is 111 cm³/mol. The summed E-state index contributed by atoms with van der Waals surface area (Å²) < 4.78 is 45.1. The first-order valence-electron chi connectivity index (χ1n) is 9.05. The summed E-state index contributed by atoms with van der Waals surface area (Å²) in [5.74, 6) is 1.38. The quantitative estimate of drug-likeness (QED) is 0.124. The van der Waals surface area contributed by atoms with Crippen molar-refractivity contribution in [3.63, 3.8) is 0 Å². The molecule has 0 saturated heterocycles. The van der Waals surface area contributed by atoms with Crippen molar-refractivity contribution in [2.45, 2.75) is 5.03 Å². The van der Waals surface area contributed by atoms with Gasteiger partial charge in [0, 0.05) is 25.1 Å². The maximum absolute atomic E-state index is 12.7. The summed E-state index contributed by atoms with van der Waals surface area (Å²) in [5.41, 5.74) is -1.17. The van der Waals surface area contributed by atoms with Gasteiger partial charge in [0.05, 0.1) is 44.8 Å². The minimum atomic E-state index is -4.62. The van der Waals surface area contributed by atoms with Gasteiger partial charge in [0.15, 0.2) is 9.84 Å². The Kier molecular flexibility index (Phi) is 9.46. The molecule has 0 radical (unpaired) electrons. The van der Waals surface area contributed by atoms with Gasteiger partial charge in [0.1, 0.15) is 13.2 Å². The van der Waals surface area contributed by atoms with E-state index in [1.807, 2.05) is 21.1 Å². The van der Waals surface area contributed by atoms with Crippen molar-refractivity contribution in [2.75, 3.05) is 60.2 Å². The summed E-state index contributed by atoms with van der Waals surface area (Å²) in [7, 11) is -3.07. The van der Waals surface area contributed by atoms with Crippen molar-refractivity contribution in [3.05, 3.63) is 27.9 Å². The molecule has 0 aliphatic carbocycles. The molecule has 0 bridgehead atoms. The first-order valence-corrected chi connectivity index (χ1v) is 12.4. The second-order valence-electron chi connectivity index (χ2n) is 7.64. The Balaban J connectivity index is 2.91. The van der Waals surface area contributed by atoms with Crippen LogP contribution < -0.4 is 4.89 Å². The SMILES string of the molecule is C#CCN(CCOP(=O)([O-])OCC[N+](C)(C)C)C(=O)c1cnc(S(C)(=O)=O)c([N+](=O)[O-])c1. The first kappa shape index (κ1) is 27.6. The van der Waals surface area contributed by atoms with Gasteiger partial charge in [-0.25, -0.2) is 13.4 Å². The summed E-state index contributed by atoms with van der Waals surface area (Å²) in [6.07, 6.45) is 6.85. The molecule has 1 aromatic heterocycles. The molecule has 1 aromatic rings. The van der Waals surface area contributed by atoms with Gasteiger partial charge in [-0.3, -0.25) is 19.5 Å². The fourth-order valence-corrected chi connectivity index (χ4v) is 3.69. The lowest BCUT2D eigenvalue weighted by Crippen LogP contribution is -2.37. The Hall–Kier alpha value is -2.40. The number of aromatic nitrogens is 1. The summed E-state index contributed by atoms with van der Waals surface area (Å²) in [5, 5.41) is 10.4. The van der Waals surface area contributed by atoms with E-state index in [1.165, 1.54) is 0 Å². The highest BCUT2D eigenvalue weighted by molar-refractivity contribution is 7.90. The highest BCUT2D eigenvalue weighted by atomic mass is 32.2. The number of nitrogens with zero attached hydrogens (tertiary/aromatic N) is 4. The van der Waals surface area contributed by atoms with Crippen LogP contribution in [0.3, 0.4) is 0 Å². The highest BCUT2D eigenvalue weighted by Gasteiger charge is 2.27. The normalized spacial score (nSPS) is 13.8. The molecule has 0 aliphatic rings. The molecule has 13 nitrogen and oxygen atoms in total. The van der Waals surface area contributed by atoms with Crippen molar-refractivity contribution >= 4 is 29.3 Å². The number of terminal acetylenes is 1. The van der Waals surface area contributed by atoms with Gasteiger partial charge in [-0.2, -0.15) is 0 Å². The van der Waals surface area contributed by atoms with Crippen LogP contribution in [0.1, 0.15) is 10.4 Å². The Morgan fingerprint density at radius 2 is 1.94 bits per heavy atom. The summed E-state index contributed by atoms with van der Waals surface area (Å²) in [6, 6.07) is 0.766. The van der Waals surface area contributed by atoms with Gasteiger partial charge < -0.3 is 23.3 Å². The van der Waals surface area contributed by atoms with Gasteiger partial charge in [-0.15, -0.1) is 6.42 Å². The van der Waals surface area contributed by atoms with Crippen LogP contribution in [0, 0.1) is 22.5 Å². The Bertz CT molecular complexity index is 1050. The van der Waals surface area contributed by atoms with Gasteiger partial charge in [0.2, 0.25) is 5.03 Å². The van der Waals surface area contributed by atoms with Crippen LogP contribution in [0.2, 0.25) is 0 Å². The number of phosphoric acid groups is 1. The standard InChI is InChI=1S/C17H25N4O9PS/c1-6-7-19(8-10-29-31(25,26)30-11-9-21(2,3)4)17(22)14-12-15(20(23)24)16(18-13-14)32(5,27)28/h1,12-13H,7-11H2,2-5H3. The smallest absolute Gasteiger partial charge is 0.307 e. The number of amides is 1. The molecule has 1 atom stereocenters. The molecule has 32 heavy (non-hydrogen) atoms. The number of rotatable bonds is 12. The summed E-state index contributed by atoms with van der Waals surface area (Å²) in [4.78, 5) is 39.3. The van der Waals surface area contributed by atoms with Crippen LogP contribution in [0.25, 0.3) is 0 Å². The zero-order chi connectivity index (χ0) is 24.7. The van der Waals surface area contributed by atoms with Gasteiger partial charge in [-0.05, 0) is 0 Å². The molecule has 1 unspecified atom stereocenters. The molecule has 0 aromatic carbocycles. The van der Waals surface area contributed by atoms with E-state index in [4.69, 9.17) is 15.5 Å². The number of carbonyl (C=O) groups is 1. The average molecular weight is 492 g/mol. The third-order valence-corrected chi connectivity index (χ3v) is 5.83. The molecule has 0 aliphatic heterocycles. The predicted octanol–water partition coefficient (Wildman–Crippen LogP) is -0.323. The van der Waals surface area contributed by atoms with E-state index >= 15 is 0 Å². The van der Waals surface area contributed by atoms with Crippen molar-refractivity contribution in [2.24, 2.45) is 0 Å². The topological polar surface area (TPSA) is 169 Å². The van der Waals surface area contributed by atoms with E-state index in [2.05, 4.69) is 10.9 Å². The summed E-state index contributed by atoms with van der Waals surface area (Å²) >= 11 is 0. The number of nitro groups is 1. The lowest BCUT2D eigenvalue weighted by atomic mass is 10.2. The molecule has 0 saturated carbocycles. The molecule has 178 valence electrons. The molecular weight excluding hydrogens is 467 g/mol. The number of hydrogen-bond acceptors (Lipinski definition) is 10. The van der Waals surface area contributed by atoms with Crippen molar-refractivity contribution < 1.29 is 41.1 Å². The molecule has 1 rings (SSSR count). The monoisotopic (exact) mass is 492 g/mol. The second kappa shape index (κ2) is 11.0. The van der Waals surface area contributed by atoms with Crippen LogP contribution in [0.4, 0.5) is 5.69 Å². The maximum atomic E-state index is 12.7. The minimum Gasteiger partial charge on any atom is -0.756 e. The average Bonchev–Trinajstić information content (AvgIpc) is 2.64. The van der Waals surface area contributed by atoms with Crippen molar-refractivity contribution in [3.8, 4) is 12.3 Å². The second-order valence-corrected chi connectivity index (χ2v) is 11.0. The largest absolute Gasteiger partial charge is 0.756 e. The number of quaternary nitrogens is 1. The number of hydrogen-bond donors (Lipinski definition) is 0. The number of pyridine rings is 1. The fraction of sp³-hybridized carbons (Fsp3) is 0.529. The Labute approximate surface area is 186 Å². The van der Waals surface area contributed by atoms with E-state index in [0.717, 1.165) is 23.4 Å². The number of carbonyl (C=O) groups excluding carboxylic acids is 1. The van der Waals surface area contributed by atoms with Crippen LogP contribution in [0.5, 0.6) is 0 Å². The molecule has 1 heterocycles. The third-order valence-electron chi connectivity index (χ3n) is 3.82. The molecular formula is C17H25N4O9PS. The van der Waals surface area contributed by atoms with Gasteiger partial charge in [-0.1, -0.05) is 5.92 Å². The van der Waals surface area contributed by atoms with Crippen LogP contribution in [-0.2, 0) is 23.4 Å². The third kappa shape index (κ3) is 8.99. The highest BCUT2D eigenvalue weighted by Crippen LogP contribution is 2.37. The van der Waals surface area contributed by atoms with E-state index in [-0.39, 0.29) is 25.3 Å². The fourth-order valence-electron chi connectivity index (χ4n) is 2.25. The summed E-state index contributed by atoms with van der Waals surface area (Å²) in [6.45, 7) is -0.716. The number of likely N-dealkylation sites (N-methyl/N-ethyl adjacent to an activating group) is 1. The molecule has 0 fully saturated rings. The molecule has 15 heteroatoms. The Morgan fingerprint density at radius 3 is 2.44 bits per heavy atom.